The van der Waals surface area contributed by atoms with Crippen LogP contribution in [-0.4, -0.2) is 28.5 Å². The molecule has 8 heteroatoms. The minimum absolute atomic E-state index is 0.103. The molecule has 228 valence electrons. The fourth-order valence-corrected chi connectivity index (χ4v) is 7.83. The van der Waals surface area contributed by atoms with Gasteiger partial charge in [0.25, 0.3) is 0 Å². The van der Waals surface area contributed by atoms with Gasteiger partial charge in [0.1, 0.15) is 11.5 Å². The summed E-state index contributed by atoms with van der Waals surface area (Å²) in [6.45, 7) is 1.64. The zero-order valence-corrected chi connectivity index (χ0v) is 25.0. The summed E-state index contributed by atoms with van der Waals surface area (Å²) in [5.41, 5.74) is 5.86. The molecule has 0 aromatic heterocycles. The molecule has 0 spiro atoms. The molecule has 0 bridgehead atoms. The predicted molar refractivity (Wildman–Crippen MR) is 171 cm³/mol. The van der Waals surface area contributed by atoms with E-state index in [-0.39, 0.29) is 35.6 Å². The Morgan fingerprint density at radius 1 is 0.891 bits per heavy atom. The van der Waals surface area contributed by atoms with E-state index in [1.807, 2.05) is 48.5 Å². The number of nitrogens with zero attached hydrogens (tertiary/aromatic N) is 1. The Labute approximate surface area is 265 Å². The smallest absolute Gasteiger partial charge is 0.238 e. The van der Waals surface area contributed by atoms with Crippen LogP contribution in [0.5, 0.6) is 11.5 Å². The number of fused-ring (bicyclic) bond motifs is 4. The number of imide groups is 1. The Morgan fingerprint density at radius 2 is 1.65 bits per heavy atom. The van der Waals surface area contributed by atoms with Crippen molar-refractivity contribution in [3.05, 3.63) is 125 Å². The lowest BCUT2D eigenvalue weighted by molar-refractivity contribution is -0.123. The molecule has 8 nitrogen and oxygen atoms in total. The van der Waals surface area contributed by atoms with E-state index < -0.39 is 23.7 Å². The number of allylic oxidation sites excluding steroid dienone is 7. The number of nitrogens with one attached hydrogen (secondary N) is 1. The van der Waals surface area contributed by atoms with Crippen molar-refractivity contribution < 1.29 is 29.0 Å². The van der Waals surface area contributed by atoms with Gasteiger partial charge in [-0.1, -0.05) is 29.8 Å². The zero-order valence-electron chi connectivity index (χ0n) is 25.0. The lowest BCUT2D eigenvalue weighted by atomic mass is 9.58. The highest BCUT2D eigenvalue weighted by Gasteiger charge is 2.57. The van der Waals surface area contributed by atoms with Gasteiger partial charge >= 0.3 is 0 Å². The van der Waals surface area contributed by atoms with Crippen molar-refractivity contribution in [3.63, 3.8) is 0 Å². The molecule has 4 atom stereocenters. The summed E-state index contributed by atoms with van der Waals surface area (Å²) >= 11 is 0. The predicted octanol–water partition coefficient (Wildman–Crippen LogP) is 6.12. The number of para-hydroxylation sites is 1. The van der Waals surface area contributed by atoms with Crippen molar-refractivity contribution in [2.24, 2.45) is 23.7 Å². The Kier molecular flexibility index (Phi) is 6.42. The summed E-state index contributed by atoms with van der Waals surface area (Å²) in [4.78, 5) is 56.6. The number of amides is 2. The minimum Gasteiger partial charge on any atom is -0.508 e. The first-order valence-electron chi connectivity index (χ1n) is 15.5. The Hall–Kier alpha value is -5.50. The van der Waals surface area contributed by atoms with Crippen molar-refractivity contribution in [2.75, 3.05) is 10.2 Å². The fourth-order valence-electron chi connectivity index (χ4n) is 7.83. The highest BCUT2D eigenvalue weighted by atomic mass is 16.5. The van der Waals surface area contributed by atoms with Crippen LogP contribution in [0.2, 0.25) is 0 Å². The van der Waals surface area contributed by atoms with E-state index in [4.69, 9.17) is 4.74 Å². The van der Waals surface area contributed by atoms with Crippen LogP contribution >= 0.6 is 0 Å². The Balaban J connectivity index is 1.15. The number of ketones is 2. The summed E-state index contributed by atoms with van der Waals surface area (Å²) in [6, 6.07) is 21.8. The van der Waals surface area contributed by atoms with Crippen LogP contribution in [0.1, 0.15) is 25.3 Å². The number of hydrogen-bond acceptors (Lipinski definition) is 7. The number of hydrogen-bond donors (Lipinski definition) is 2. The van der Waals surface area contributed by atoms with Crippen LogP contribution in [0.3, 0.4) is 0 Å². The molecule has 0 saturated carbocycles. The van der Waals surface area contributed by atoms with Crippen LogP contribution in [0, 0.1) is 23.7 Å². The quantitative estimate of drug-likeness (QED) is 0.208. The molecule has 2 heterocycles. The Bertz CT molecular complexity index is 1980. The van der Waals surface area contributed by atoms with Crippen molar-refractivity contribution >= 4 is 40.4 Å². The van der Waals surface area contributed by atoms with Crippen molar-refractivity contribution in [1.29, 1.82) is 0 Å². The largest absolute Gasteiger partial charge is 0.508 e. The second-order valence-electron chi connectivity index (χ2n) is 12.6. The van der Waals surface area contributed by atoms with E-state index in [1.54, 1.807) is 43.5 Å². The maximum absolute atomic E-state index is 14.3. The monoisotopic (exact) mass is 610 g/mol. The van der Waals surface area contributed by atoms with E-state index >= 15 is 0 Å². The molecule has 3 aliphatic carbocycles. The number of Topliss-reactive ketones (excluding diaryl/α,β-unsaturated/α-hetero) is 1. The second-order valence-corrected chi connectivity index (χ2v) is 12.6. The molecule has 2 amide bonds. The van der Waals surface area contributed by atoms with Crippen LogP contribution in [0.4, 0.5) is 17.1 Å². The van der Waals surface area contributed by atoms with Crippen LogP contribution in [0.15, 0.2) is 119 Å². The van der Waals surface area contributed by atoms with E-state index in [0.717, 1.165) is 28.1 Å². The van der Waals surface area contributed by atoms with Gasteiger partial charge in [0.05, 0.1) is 23.8 Å². The summed E-state index contributed by atoms with van der Waals surface area (Å²) < 4.78 is 5.96. The lowest BCUT2D eigenvalue weighted by Gasteiger charge is -2.43. The number of carbonyl (C=O) groups excluding carboxylic acids is 4. The highest BCUT2D eigenvalue weighted by Crippen LogP contribution is 2.55. The first-order valence-corrected chi connectivity index (χ1v) is 15.5. The van der Waals surface area contributed by atoms with Crippen molar-refractivity contribution in [3.8, 4) is 11.5 Å². The number of phenolic OH excluding ortho intramolecular Hbond substituents is 1. The minimum atomic E-state index is -0.665. The number of anilines is 3. The molecule has 3 aromatic carbocycles. The molecule has 2 aliphatic heterocycles. The average Bonchev–Trinajstić information content (AvgIpc) is 3.32. The molecule has 3 aromatic rings. The number of ether oxygens (including phenoxy) is 1. The van der Waals surface area contributed by atoms with Gasteiger partial charge in [0.15, 0.2) is 11.6 Å². The third-order valence-electron chi connectivity index (χ3n) is 9.90. The normalized spacial score (nSPS) is 25.1. The Morgan fingerprint density at radius 3 is 2.43 bits per heavy atom. The first-order chi connectivity index (χ1) is 22.3. The molecule has 46 heavy (non-hydrogen) atoms. The number of carbonyl (C=O) groups is 4. The topological polar surface area (TPSA) is 113 Å². The molecule has 8 rings (SSSR count). The van der Waals surface area contributed by atoms with Crippen molar-refractivity contribution in [1.82, 2.24) is 0 Å². The van der Waals surface area contributed by atoms with Crippen LogP contribution in [-0.2, 0) is 25.6 Å². The van der Waals surface area contributed by atoms with Crippen LogP contribution < -0.4 is 15.0 Å². The second kappa shape index (κ2) is 10.5. The van der Waals surface area contributed by atoms with Gasteiger partial charge in [-0.3, -0.25) is 24.1 Å². The third kappa shape index (κ3) is 4.35. The summed E-state index contributed by atoms with van der Waals surface area (Å²) in [6.07, 6.45) is 6.00. The average molecular weight is 611 g/mol. The summed E-state index contributed by atoms with van der Waals surface area (Å²) in [5.74, 6) is -2.49. The molecule has 2 N–H and O–H groups in total. The van der Waals surface area contributed by atoms with Gasteiger partial charge < -0.3 is 15.2 Å². The van der Waals surface area contributed by atoms with Gasteiger partial charge in [-0.2, -0.15) is 0 Å². The van der Waals surface area contributed by atoms with Gasteiger partial charge in [0, 0.05) is 46.0 Å². The molecular weight excluding hydrogens is 580 g/mol. The maximum Gasteiger partial charge on any atom is 0.238 e. The summed E-state index contributed by atoms with van der Waals surface area (Å²) in [5, 5.41) is 13.5. The molecule has 0 radical (unpaired) electrons. The standard InChI is InChI=1S/C38H30N2O6/c1-20-15-31(42)35-30(36(20)43)18-29-27(33(35)22-16-21-17-26(41)11-14-32(21)46-19-22)12-13-28-34(29)38(45)40(37(28)44)25-9-7-24(8-10-25)39-23-5-3-2-4-6-23/h2-12,14-15,17,19,28-29,33-34,39,41H,13,16,18H2,1H3/t28-,29+,33-,34-/m0/s1. The molecule has 1 saturated heterocycles. The van der Waals surface area contributed by atoms with Gasteiger partial charge in [-0.05, 0) is 91.9 Å². The number of rotatable bonds is 4. The van der Waals surface area contributed by atoms with Crippen LogP contribution in [0.25, 0.3) is 0 Å². The van der Waals surface area contributed by atoms with Gasteiger partial charge in [0.2, 0.25) is 11.8 Å². The zero-order chi connectivity index (χ0) is 31.7. The molecule has 0 unspecified atom stereocenters. The summed E-state index contributed by atoms with van der Waals surface area (Å²) in [7, 11) is 0. The molecule has 1 fully saturated rings. The molecule has 5 aliphatic rings. The van der Waals surface area contributed by atoms with Crippen molar-refractivity contribution in [2.45, 2.75) is 26.2 Å². The van der Waals surface area contributed by atoms with Gasteiger partial charge in [-0.15, -0.1) is 0 Å². The number of aromatic hydroxyl groups is 1. The van der Waals surface area contributed by atoms with E-state index in [0.29, 0.717) is 41.0 Å². The fraction of sp³-hybridized carbons (Fsp3) is 0.211. The van der Waals surface area contributed by atoms with Gasteiger partial charge in [-0.25, -0.2) is 0 Å². The van der Waals surface area contributed by atoms with E-state index in [1.165, 1.54) is 11.0 Å². The third-order valence-corrected chi connectivity index (χ3v) is 9.90. The maximum atomic E-state index is 14.3. The van der Waals surface area contributed by atoms with E-state index in [9.17, 15) is 24.3 Å². The highest BCUT2D eigenvalue weighted by molar-refractivity contribution is 6.24. The first kappa shape index (κ1) is 28.0. The molecular formula is C38H30N2O6. The number of benzene rings is 3. The SMILES string of the molecule is CC1=CC(=O)C2=C(C[C@@H]3C(=CC[C@@H]4C(=O)N(c5ccc(Nc6ccccc6)cc5)C(=O)[C@@H]43)[C@@H]2C2=COc3ccc(O)cc3C2)C1=O. The number of phenols is 1. The lowest BCUT2D eigenvalue weighted by Crippen LogP contribution is -2.41. The van der Waals surface area contributed by atoms with E-state index in [2.05, 4.69) is 5.32 Å².